The Hall–Kier alpha value is -4.17. The molecule has 0 amide bonds. The van der Waals surface area contributed by atoms with Crippen LogP contribution >= 0.6 is 0 Å². The van der Waals surface area contributed by atoms with Gasteiger partial charge < -0.3 is 4.90 Å². The Kier molecular flexibility index (Phi) is 3.27. The van der Waals surface area contributed by atoms with Gasteiger partial charge in [0.25, 0.3) is 0 Å². The van der Waals surface area contributed by atoms with Crippen LogP contribution in [0.3, 0.4) is 0 Å². The average Bonchev–Trinajstić information content (AvgIpc) is 3.44. The van der Waals surface area contributed by atoms with Crippen molar-refractivity contribution in [2.75, 3.05) is 4.90 Å². The molecule has 5 aromatic rings. The maximum Gasteiger partial charge on any atom is 0.0680 e. The van der Waals surface area contributed by atoms with Crippen LogP contribution in [0, 0.1) is 0 Å². The van der Waals surface area contributed by atoms with E-state index in [1.807, 2.05) is 6.20 Å². The summed E-state index contributed by atoms with van der Waals surface area (Å²) in [5, 5.41) is 0. The van der Waals surface area contributed by atoms with Gasteiger partial charge in [-0.15, -0.1) is 0 Å². The van der Waals surface area contributed by atoms with Crippen LogP contribution in [-0.2, 0) is 25.7 Å². The van der Waals surface area contributed by atoms with E-state index < -0.39 is 0 Å². The van der Waals surface area contributed by atoms with E-state index in [9.17, 15) is 0 Å². The zero-order valence-electron chi connectivity index (χ0n) is 19.3. The van der Waals surface area contributed by atoms with Crippen molar-refractivity contribution in [1.29, 1.82) is 0 Å². The minimum atomic E-state index is 0.970. The fourth-order valence-electron chi connectivity index (χ4n) is 7.15. The van der Waals surface area contributed by atoms with Crippen molar-refractivity contribution in [3.63, 3.8) is 0 Å². The number of hydrogen-bond donors (Lipinski definition) is 0. The van der Waals surface area contributed by atoms with Crippen molar-refractivity contribution < 1.29 is 0 Å². The number of rotatable bonds is 0. The predicted molar refractivity (Wildman–Crippen MR) is 141 cm³/mol. The summed E-state index contributed by atoms with van der Waals surface area (Å²) in [4.78, 5) is 7.11. The van der Waals surface area contributed by atoms with Gasteiger partial charge in [-0.2, -0.15) is 0 Å². The first-order valence-corrected chi connectivity index (χ1v) is 12.6. The van der Waals surface area contributed by atoms with E-state index in [1.54, 1.807) is 0 Å². The van der Waals surface area contributed by atoms with Gasteiger partial charge in [0.1, 0.15) is 0 Å². The van der Waals surface area contributed by atoms with Crippen LogP contribution in [0.25, 0.3) is 22.3 Å². The molecule has 0 radical (unpaired) electrons. The molecule has 2 aliphatic heterocycles. The molecule has 2 nitrogen and oxygen atoms in total. The molecule has 4 aromatic carbocycles. The summed E-state index contributed by atoms with van der Waals surface area (Å²) in [7, 11) is 0. The standard InChI is InChI=1S/C33H22N2/c1-3-7-26-19(5-1)11-22-13-23-14-25-15-24-12-20-6-2-4-8-27(20)32(24)29-16-21-9-10-34-18-31(21)35(33(25)29)30(23)17-28(22)26/h1-10,13,15,17-18H,11-12,14,16H2. The number of aromatic nitrogens is 1. The summed E-state index contributed by atoms with van der Waals surface area (Å²) in [6.45, 7) is 0. The molecule has 0 saturated carbocycles. The largest absolute Gasteiger partial charge is 0.308 e. The van der Waals surface area contributed by atoms with Crippen LogP contribution in [0.2, 0.25) is 0 Å². The van der Waals surface area contributed by atoms with Crippen molar-refractivity contribution in [1.82, 2.24) is 4.98 Å². The lowest BCUT2D eigenvalue weighted by Crippen LogP contribution is -2.25. The molecule has 164 valence electrons. The molecule has 0 spiro atoms. The Labute approximate surface area is 204 Å². The van der Waals surface area contributed by atoms with Gasteiger partial charge in [-0.05, 0) is 91.7 Å². The normalized spacial score (nSPS) is 14.9. The number of benzene rings is 4. The number of anilines is 3. The Morgan fingerprint density at radius 1 is 0.543 bits per heavy atom. The number of nitrogens with zero attached hydrogens (tertiary/aromatic N) is 2. The third-order valence-corrected chi connectivity index (χ3v) is 8.56. The van der Waals surface area contributed by atoms with E-state index in [0.717, 1.165) is 25.7 Å². The SMILES string of the molecule is c1ccc2c(c1)Cc1cc3c(cc1-2)N1c2cnccc2Cc2c4c(cc(c21)C3)Cc1ccccc1-4. The van der Waals surface area contributed by atoms with Crippen molar-refractivity contribution >= 4 is 17.1 Å². The van der Waals surface area contributed by atoms with Gasteiger partial charge in [0.15, 0.2) is 0 Å². The molecule has 1 aromatic heterocycles. The maximum atomic E-state index is 4.57. The molecular weight excluding hydrogens is 424 g/mol. The fourth-order valence-corrected chi connectivity index (χ4v) is 7.15. The first kappa shape index (κ1) is 18.2. The quantitative estimate of drug-likeness (QED) is 0.240. The predicted octanol–water partition coefficient (Wildman–Crippen LogP) is 7.50. The minimum Gasteiger partial charge on any atom is -0.308 e. The van der Waals surface area contributed by atoms with E-state index in [-0.39, 0.29) is 0 Å². The molecule has 2 heteroatoms. The van der Waals surface area contributed by atoms with Gasteiger partial charge in [-0.25, -0.2) is 0 Å². The van der Waals surface area contributed by atoms with E-state index in [4.69, 9.17) is 0 Å². The zero-order valence-corrected chi connectivity index (χ0v) is 19.3. The first-order chi connectivity index (χ1) is 17.3. The molecule has 0 N–H and O–H groups in total. The maximum absolute atomic E-state index is 4.57. The molecule has 2 aliphatic carbocycles. The molecular formula is C33H22N2. The van der Waals surface area contributed by atoms with Crippen LogP contribution < -0.4 is 4.90 Å². The van der Waals surface area contributed by atoms with E-state index in [0.29, 0.717) is 0 Å². The lowest BCUT2D eigenvalue weighted by Gasteiger charge is -2.40. The van der Waals surface area contributed by atoms with Crippen molar-refractivity contribution in [3.05, 3.63) is 130 Å². The topological polar surface area (TPSA) is 16.1 Å². The summed E-state index contributed by atoms with van der Waals surface area (Å²) in [5.41, 5.74) is 21.3. The van der Waals surface area contributed by atoms with Gasteiger partial charge in [-0.3, -0.25) is 4.98 Å². The molecule has 0 unspecified atom stereocenters. The number of pyridine rings is 1. The second-order valence-electron chi connectivity index (χ2n) is 10.4. The van der Waals surface area contributed by atoms with Gasteiger partial charge in [0.05, 0.1) is 23.3 Å². The first-order valence-electron chi connectivity index (χ1n) is 12.6. The zero-order chi connectivity index (χ0) is 22.7. The summed E-state index contributed by atoms with van der Waals surface area (Å²) >= 11 is 0. The lowest BCUT2D eigenvalue weighted by molar-refractivity contribution is 0.995. The second-order valence-corrected chi connectivity index (χ2v) is 10.4. The Morgan fingerprint density at radius 2 is 1.29 bits per heavy atom. The van der Waals surface area contributed by atoms with Gasteiger partial charge in [0, 0.05) is 19.0 Å². The fraction of sp³-hybridized carbons (Fsp3) is 0.121. The highest BCUT2D eigenvalue weighted by atomic mass is 15.2. The van der Waals surface area contributed by atoms with Gasteiger partial charge in [-0.1, -0.05) is 60.7 Å². The molecule has 9 rings (SSSR count). The molecule has 0 bridgehead atoms. The van der Waals surface area contributed by atoms with Gasteiger partial charge in [0.2, 0.25) is 0 Å². The van der Waals surface area contributed by atoms with E-state index in [2.05, 4.69) is 88.9 Å². The Morgan fingerprint density at radius 3 is 2.20 bits per heavy atom. The summed E-state index contributed by atoms with van der Waals surface area (Å²) in [6.07, 6.45) is 8.06. The summed E-state index contributed by atoms with van der Waals surface area (Å²) < 4.78 is 0. The lowest BCUT2D eigenvalue weighted by atomic mass is 9.81. The molecule has 3 heterocycles. The third-order valence-electron chi connectivity index (χ3n) is 8.56. The van der Waals surface area contributed by atoms with Gasteiger partial charge >= 0.3 is 0 Å². The van der Waals surface area contributed by atoms with Crippen LogP contribution in [-0.4, -0.2) is 4.98 Å². The highest BCUT2D eigenvalue weighted by Gasteiger charge is 2.37. The highest BCUT2D eigenvalue weighted by Crippen LogP contribution is 2.56. The highest BCUT2D eigenvalue weighted by molar-refractivity contribution is 5.97. The van der Waals surface area contributed by atoms with Crippen LogP contribution in [0.4, 0.5) is 17.1 Å². The molecule has 0 atom stereocenters. The third kappa shape index (κ3) is 2.27. The monoisotopic (exact) mass is 446 g/mol. The molecule has 35 heavy (non-hydrogen) atoms. The van der Waals surface area contributed by atoms with Crippen LogP contribution in [0.15, 0.2) is 85.2 Å². The smallest absolute Gasteiger partial charge is 0.0680 e. The minimum absolute atomic E-state index is 0.970. The Balaban J connectivity index is 1.35. The van der Waals surface area contributed by atoms with Crippen LogP contribution in [0.1, 0.15) is 44.5 Å². The summed E-state index contributed by atoms with van der Waals surface area (Å²) in [6, 6.07) is 27.6. The average molecular weight is 447 g/mol. The van der Waals surface area contributed by atoms with Crippen molar-refractivity contribution in [2.45, 2.75) is 25.7 Å². The van der Waals surface area contributed by atoms with E-state index >= 15 is 0 Å². The van der Waals surface area contributed by atoms with Crippen molar-refractivity contribution in [2.24, 2.45) is 0 Å². The number of fused-ring (bicyclic) bond motifs is 11. The number of hydrogen-bond acceptors (Lipinski definition) is 2. The van der Waals surface area contributed by atoms with Crippen LogP contribution in [0.5, 0.6) is 0 Å². The molecule has 4 aliphatic rings. The molecule has 0 saturated heterocycles. The van der Waals surface area contributed by atoms with Crippen molar-refractivity contribution in [3.8, 4) is 22.3 Å². The second kappa shape index (κ2) is 6.28. The van der Waals surface area contributed by atoms with E-state index in [1.165, 1.54) is 83.8 Å². The Bertz CT molecular complexity index is 1760. The summed E-state index contributed by atoms with van der Waals surface area (Å²) in [5.74, 6) is 0. The molecule has 0 fully saturated rings.